The fourth-order valence-corrected chi connectivity index (χ4v) is 5.71. The minimum absolute atomic E-state index is 0.0106. The van der Waals surface area contributed by atoms with Crippen LogP contribution in [0, 0.1) is 6.33 Å². The van der Waals surface area contributed by atoms with Crippen LogP contribution >= 0.6 is 0 Å². The Balaban J connectivity index is 1.23. The van der Waals surface area contributed by atoms with Gasteiger partial charge in [0.2, 0.25) is 0 Å². The van der Waals surface area contributed by atoms with E-state index in [1.807, 2.05) is 45.9 Å². The van der Waals surface area contributed by atoms with Crippen LogP contribution in [0.5, 0.6) is 11.5 Å². The molecule has 7 aromatic rings. The Morgan fingerprint density at radius 3 is 2.18 bits per heavy atom. The number of hydrogen-bond donors (Lipinski definition) is 0. The topological polar surface area (TPSA) is 48.8 Å². The molecule has 0 aliphatic carbocycles. The van der Waals surface area contributed by atoms with Gasteiger partial charge in [-0.3, -0.25) is 18.7 Å². The molecule has 4 heterocycles. The van der Waals surface area contributed by atoms with Crippen LogP contribution < -0.4 is 9.30 Å². The summed E-state index contributed by atoms with van der Waals surface area (Å²) in [5.74, 6) is 3.04. The molecule has 0 unspecified atom stereocenters. The third kappa shape index (κ3) is 5.48. The molecule has 3 aromatic carbocycles. The lowest BCUT2D eigenvalue weighted by Gasteiger charge is -2.20. The van der Waals surface area contributed by atoms with Crippen molar-refractivity contribution < 1.29 is 9.30 Å². The van der Waals surface area contributed by atoms with Crippen LogP contribution in [-0.4, -0.2) is 19.1 Å². The van der Waals surface area contributed by atoms with Gasteiger partial charge in [-0.1, -0.05) is 71.9 Å². The highest BCUT2D eigenvalue weighted by Gasteiger charge is 2.19. The predicted octanol–water partition coefficient (Wildman–Crippen LogP) is 8.83. The lowest BCUT2D eigenvalue weighted by molar-refractivity contribution is -0.599. The first kappa shape index (κ1) is 28.5. The lowest BCUT2D eigenvalue weighted by Crippen LogP contribution is -2.29. The molecular weight excluding hydrogens is 554 g/mol. The Labute approximate surface area is 264 Å². The van der Waals surface area contributed by atoms with Gasteiger partial charge in [-0.2, -0.15) is 0 Å². The third-order valence-electron chi connectivity index (χ3n) is 8.26. The maximum absolute atomic E-state index is 6.45. The van der Waals surface area contributed by atoms with Gasteiger partial charge in [0.25, 0.3) is 6.33 Å². The van der Waals surface area contributed by atoms with E-state index in [1.165, 1.54) is 16.5 Å². The lowest BCUT2D eigenvalue weighted by atomic mass is 9.87. The van der Waals surface area contributed by atoms with Crippen molar-refractivity contribution in [1.82, 2.24) is 19.1 Å². The average Bonchev–Trinajstić information content (AvgIpc) is 3.64. The standard InChI is InChI=1S/C39H37N5O/c1-38(2,3)27-10-9-11-29(22-27)42-20-21-43(26-42)36-25-31(17-19-40-36)45-30-14-15-33-32-12-7-8-13-34(32)44(35(33)24-30)37-23-28(16-18-41-37)39(4,5)6/h7-25H,1-6H3. The predicted molar refractivity (Wildman–Crippen MR) is 180 cm³/mol. The van der Waals surface area contributed by atoms with Crippen molar-refractivity contribution in [1.29, 1.82) is 0 Å². The fourth-order valence-electron chi connectivity index (χ4n) is 5.71. The van der Waals surface area contributed by atoms with Crippen molar-refractivity contribution >= 4 is 21.8 Å². The van der Waals surface area contributed by atoms with Gasteiger partial charge in [0.05, 0.1) is 16.7 Å². The molecule has 7 rings (SSSR count). The molecule has 45 heavy (non-hydrogen) atoms. The van der Waals surface area contributed by atoms with Gasteiger partial charge in [0.15, 0.2) is 5.82 Å². The van der Waals surface area contributed by atoms with E-state index in [1.54, 1.807) is 6.20 Å². The van der Waals surface area contributed by atoms with Crippen molar-refractivity contribution in [2.75, 3.05) is 0 Å². The Bertz CT molecular complexity index is 2170. The number of pyridine rings is 2. The Kier molecular flexibility index (Phi) is 6.81. The highest BCUT2D eigenvalue weighted by Crippen LogP contribution is 2.36. The molecule has 0 amide bonds. The minimum atomic E-state index is 0.0106. The monoisotopic (exact) mass is 591 g/mol. The Morgan fingerprint density at radius 2 is 1.36 bits per heavy atom. The number of imidazole rings is 1. The van der Waals surface area contributed by atoms with E-state index >= 15 is 0 Å². The summed E-state index contributed by atoms with van der Waals surface area (Å²) >= 11 is 0. The zero-order valence-electron chi connectivity index (χ0n) is 26.6. The van der Waals surface area contributed by atoms with Crippen molar-refractivity contribution in [2.24, 2.45) is 0 Å². The van der Waals surface area contributed by atoms with Gasteiger partial charge in [0, 0.05) is 47.7 Å². The van der Waals surface area contributed by atoms with Crippen LogP contribution in [0.2, 0.25) is 0 Å². The number of hydrogen-bond acceptors (Lipinski definition) is 3. The first-order valence-corrected chi connectivity index (χ1v) is 15.3. The Morgan fingerprint density at radius 1 is 0.644 bits per heavy atom. The number of aromatic nitrogens is 5. The molecule has 4 aromatic heterocycles. The summed E-state index contributed by atoms with van der Waals surface area (Å²) in [5, 5.41) is 2.33. The molecule has 0 radical (unpaired) electrons. The number of nitrogens with zero attached hydrogens (tertiary/aromatic N) is 5. The number of para-hydroxylation sites is 1. The van der Waals surface area contributed by atoms with Crippen LogP contribution in [0.3, 0.4) is 0 Å². The van der Waals surface area contributed by atoms with Crippen LogP contribution in [0.4, 0.5) is 0 Å². The highest BCUT2D eigenvalue weighted by atomic mass is 16.5. The molecule has 0 N–H and O–H groups in total. The normalized spacial score (nSPS) is 12.2. The van der Waals surface area contributed by atoms with Crippen molar-refractivity contribution in [3.05, 3.63) is 133 Å². The average molecular weight is 592 g/mol. The van der Waals surface area contributed by atoms with Gasteiger partial charge >= 0.3 is 0 Å². The summed E-state index contributed by atoms with van der Waals surface area (Å²) < 4.78 is 12.5. The number of rotatable bonds is 5. The first-order valence-electron chi connectivity index (χ1n) is 15.3. The van der Waals surface area contributed by atoms with Crippen molar-refractivity contribution in [3.8, 4) is 28.8 Å². The zero-order chi connectivity index (χ0) is 31.3. The van der Waals surface area contributed by atoms with Crippen LogP contribution in [0.1, 0.15) is 52.7 Å². The van der Waals surface area contributed by atoms with Crippen LogP contribution in [0.25, 0.3) is 39.1 Å². The summed E-state index contributed by atoms with van der Waals surface area (Å²) in [6.07, 6.45) is 11.0. The van der Waals surface area contributed by atoms with Gasteiger partial charge in [-0.05, 0) is 70.5 Å². The quantitative estimate of drug-likeness (QED) is 0.148. The number of ether oxygens (including phenoxy) is 1. The van der Waals surface area contributed by atoms with Crippen molar-refractivity contribution in [2.45, 2.75) is 52.4 Å². The molecule has 0 aliphatic heterocycles. The third-order valence-corrected chi connectivity index (χ3v) is 8.26. The molecule has 0 saturated carbocycles. The molecule has 6 nitrogen and oxygen atoms in total. The van der Waals surface area contributed by atoms with Crippen LogP contribution in [0.15, 0.2) is 116 Å². The second-order valence-corrected chi connectivity index (χ2v) is 13.6. The van der Waals surface area contributed by atoms with Gasteiger partial charge < -0.3 is 4.74 Å². The second-order valence-electron chi connectivity index (χ2n) is 13.6. The molecular formula is C39H37N5O. The van der Waals surface area contributed by atoms with Crippen molar-refractivity contribution in [3.63, 3.8) is 0 Å². The van der Waals surface area contributed by atoms with Gasteiger partial charge in [0.1, 0.15) is 17.3 Å². The second kappa shape index (κ2) is 10.7. The molecule has 0 bridgehead atoms. The molecule has 0 aliphatic rings. The smallest absolute Gasteiger partial charge is 0.270 e. The number of benzene rings is 3. The first-order chi connectivity index (χ1) is 21.5. The zero-order valence-corrected chi connectivity index (χ0v) is 26.6. The molecule has 0 atom stereocenters. The summed E-state index contributed by atoms with van der Waals surface area (Å²) in [6, 6.07) is 31.4. The number of fused-ring (bicyclic) bond motifs is 3. The fraction of sp³-hybridized carbons (Fsp3) is 0.205. The summed E-state index contributed by atoms with van der Waals surface area (Å²) in [6.45, 7) is 13.3. The minimum Gasteiger partial charge on any atom is -0.458 e. The van der Waals surface area contributed by atoms with Crippen LogP contribution in [-0.2, 0) is 10.8 Å². The Hall–Kier alpha value is -5.23. The van der Waals surface area contributed by atoms with E-state index in [9.17, 15) is 0 Å². The van der Waals surface area contributed by atoms with E-state index < -0.39 is 0 Å². The largest absolute Gasteiger partial charge is 0.458 e. The molecule has 0 spiro atoms. The summed E-state index contributed by atoms with van der Waals surface area (Å²) in [7, 11) is 0. The maximum atomic E-state index is 6.45. The molecule has 0 fully saturated rings. The van der Waals surface area contributed by atoms with E-state index in [0.717, 1.165) is 39.5 Å². The highest BCUT2D eigenvalue weighted by molar-refractivity contribution is 6.09. The van der Waals surface area contributed by atoms with Gasteiger partial charge in [-0.15, -0.1) is 0 Å². The summed E-state index contributed by atoms with van der Waals surface area (Å²) in [4.78, 5) is 9.40. The molecule has 6 heteroatoms. The summed E-state index contributed by atoms with van der Waals surface area (Å²) in [5.41, 5.74) is 5.79. The van der Waals surface area contributed by atoms with E-state index in [4.69, 9.17) is 9.72 Å². The molecule has 0 saturated heterocycles. The SMILES string of the molecule is CC(C)(C)c1cccc(-[n+]2[c-]n(-c3cc(Oc4ccc5c6ccccc6n(-c6cc(C(C)(C)C)ccn6)c5c4)ccn3)cc2)c1. The van der Waals surface area contributed by atoms with Gasteiger partial charge in [-0.25, -0.2) is 4.98 Å². The van der Waals surface area contributed by atoms with E-state index in [0.29, 0.717) is 5.75 Å². The maximum Gasteiger partial charge on any atom is 0.270 e. The van der Waals surface area contributed by atoms with E-state index in [-0.39, 0.29) is 10.8 Å². The van der Waals surface area contributed by atoms with E-state index in [2.05, 4.69) is 130 Å². The molecule has 224 valence electrons.